The lowest BCUT2D eigenvalue weighted by atomic mass is 10.1. The van der Waals surface area contributed by atoms with Crippen LogP contribution in [0.1, 0.15) is 26.3 Å². The number of carboxylic acids is 1. The van der Waals surface area contributed by atoms with E-state index in [1.165, 1.54) is 6.07 Å². The van der Waals surface area contributed by atoms with Crippen LogP contribution in [-0.4, -0.2) is 22.0 Å². The Morgan fingerprint density at radius 1 is 1.22 bits per heavy atom. The molecule has 1 aromatic heterocycles. The lowest BCUT2D eigenvalue weighted by Gasteiger charge is -2.10. The Morgan fingerprint density at radius 3 is 2.52 bits per heavy atom. The summed E-state index contributed by atoms with van der Waals surface area (Å²) >= 11 is 5.62. The Morgan fingerprint density at radius 2 is 1.91 bits per heavy atom. The molecule has 0 bridgehead atoms. The summed E-state index contributed by atoms with van der Waals surface area (Å²) in [7, 11) is 0. The third-order valence-electron chi connectivity index (χ3n) is 2.77. The zero-order valence-electron chi connectivity index (χ0n) is 11.2. The molecule has 1 aromatic carbocycles. The maximum absolute atomic E-state index is 12.6. The number of carbonyl (C=O) groups excluding carboxylic acids is 1. The van der Waals surface area contributed by atoms with Crippen molar-refractivity contribution in [2.24, 2.45) is 0 Å². The van der Waals surface area contributed by atoms with Gasteiger partial charge in [0.15, 0.2) is 0 Å². The Kier molecular flexibility index (Phi) is 4.55. The first-order chi connectivity index (χ1) is 10.7. The zero-order chi connectivity index (χ0) is 17.2. The minimum Gasteiger partial charge on any atom is -0.478 e. The van der Waals surface area contributed by atoms with Gasteiger partial charge < -0.3 is 10.4 Å². The van der Waals surface area contributed by atoms with E-state index in [-0.39, 0.29) is 22.0 Å². The molecule has 0 atom stereocenters. The largest absolute Gasteiger partial charge is 0.478 e. The molecular formula is C14H8ClF3N2O3. The number of anilines is 1. The molecule has 0 unspecified atom stereocenters. The third kappa shape index (κ3) is 3.98. The zero-order valence-corrected chi connectivity index (χ0v) is 11.9. The molecule has 1 amide bonds. The van der Waals surface area contributed by atoms with Gasteiger partial charge in [-0.05, 0) is 24.3 Å². The fourth-order valence-electron chi connectivity index (χ4n) is 1.72. The monoisotopic (exact) mass is 344 g/mol. The van der Waals surface area contributed by atoms with Crippen molar-refractivity contribution in [3.63, 3.8) is 0 Å². The summed E-state index contributed by atoms with van der Waals surface area (Å²) in [5.41, 5.74) is -1.65. The number of aromatic carboxylic acids is 1. The smallest absolute Gasteiger partial charge is 0.416 e. The third-order valence-corrected chi connectivity index (χ3v) is 2.98. The number of pyridine rings is 1. The normalized spacial score (nSPS) is 11.1. The SMILES string of the molecule is O=C(Nc1ncc(Cl)cc1C(=O)O)c1cccc(C(F)(F)F)c1. The van der Waals surface area contributed by atoms with E-state index >= 15 is 0 Å². The molecule has 0 aliphatic heterocycles. The van der Waals surface area contributed by atoms with Gasteiger partial charge >= 0.3 is 12.1 Å². The van der Waals surface area contributed by atoms with Gasteiger partial charge in [-0.25, -0.2) is 9.78 Å². The summed E-state index contributed by atoms with van der Waals surface area (Å²) < 4.78 is 37.9. The van der Waals surface area contributed by atoms with Crippen molar-refractivity contribution in [1.29, 1.82) is 0 Å². The molecule has 0 saturated carbocycles. The molecule has 0 fully saturated rings. The van der Waals surface area contributed by atoms with Crippen LogP contribution in [0.4, 0.5) is 19.0 Å². The molecule has 0 saturated heterocycles. The number of alkyl halides is 3. The van der Waals surface area contributed by atoms with E-state index in [1.807, 2.05) is 0 Å². The second-order valence-electron chi connectivity index (χ2n) is 4.39. The number of nitrogens with one attached hydrogen (secondary N) is 1. The van der Waals surface area contributed by atoms with Gasteiger partial charge in [-0.1, -0.05) is 17.7 Å². The highest BCUT2D eigenvalue weighted by molar-refractivity contribution is 6.31. The van der Waals surface area contributed by atoms with Gasteiger partial charge in [0.1, 0.15) is 11.4 Å². The van der Waals surface area contributed by atoms with Crippen LogP contribution in [0, 0.1) is 0 Å². The highest BCUT2D eigenvalue weighted by atomic mass is 35.5. The molecule has 120 valence electrons. The van der Waals surface area contributed by atoms with Crippen molar-refractivity contribution in [3.8, 4) is 0 Å². The maximum Gasteiger partial charge on any atom is 0.416 e. The predicted octanol–water partition coefficient (Wildman–Crippen LogP) is 3.70. The molecule has 0 aliphatic rings. The summed E-state index contributed by atoms with van der Waals surface area (Å²) in [6.07, 6.45) is -3.49. The van der Waals surface area contributed by atoms with Crippen LogP contribution in [-0.2, 0) is 6.18 Å². The average Bonchev–Trinajstić information content (AvgIpc) is 2.48. The lowest BCUT2D eigenvalue weighted by molar-refractivity contribution is -0.137. The predicted molar refractivity (Wildman–Crippen MR) is 75.6 cm³/mol. The first-order valence-corrected chi connectivity index (χ1v) is 6.43. The van der Waals surface area contributed by atoms with Crippen LogP contribution in [0.15, 0.2) is 36.5 Å². The van der Waals surface area contributed by atoms with Gasteiger partial charge in [0, 0.05) is 11.8 Å². The molecular weight excluding hydrogens is 337 g/mol. The van der Waals surface area contributed by atoms with Crippen molar-refractivity contribution in [1.82, 2.24) is 4.98 Å². The molecule has 2 rings (SSSR count). The summed E-state index contributed by atoms with van der Waals surface area (Å²) in [6.45, 7) is 0. The van der Waals surface area contributed by atoms with E-state index in [1.54, 1.807) is 0 Å². The van der Waals surface area contributed by atoms with E-state index in [0.717, 1.165) is 24.4 Å². The molecule has 0 aliphatic carbocycles. The van der Waals surface area contributed by atoms with E-state index < -0.39 is 23.6 Å². The van der Waals surface area contributed by atoms with Gasteiger partial charge in [0.2, 0.25) is 0 Å². The van der Waals surface area contributed by atoms with Crippen LogP contribution >= 0.6 is 11.6 Å². The van der Waals surface area contributed by atoms with Gasteiger partial charge in [0.05, 0.1) is 10.6 Å². The van der Waals surface area contributed by atoms with Crippen molar-refractivity contribution in [2.75, 3.05) is 5.32 Å². The van der Waals surface area contributed by atoms with Crippen molar-refractivity contribution in [3.05, 3.63) is 58.2 Å². The summed E-state index contributed by atoms with van der Waals surface area (Å²) in [6, 6.07) is 4.79. The number of carbonyl (C=O) groups is 2. The first kappa shape index (κ1) is 16.8. The highest BCUT2D eigenvalue weighted by Crippen LogP contribution is 2.29. The van der Waals surface area contributed by atoms with Crippen LogP contribution in [0.5, 0.6) is 0 Å². The number of aromatic nitrogens is 1. The molecule has 2 aromatic rings. The number of hydrogen-bond donors (Lipinski definition) is 2. The van der Waals surface area contributed by atoms with Crippen LogP contribution in [0.2, 0.25) is 5.02 Å². The summed E-state index contributed by atoms with van der Waals surface area (Å²) in [5.74, 6) is -2.63. The molecule has 9 heteroatoms. The van der Waals surface area contributed by atoms with Crippen LogP contribution < -0.4 is 5.32 Å². The second-order valence-corrected chi connectivity index (χ2v) is 4.82. The summed E-state index contributed by atoms with van der Waals surface area (Å²) in [5, 5.41) is 11.2. The Labute approximate surface area is 132 Å². The number of rotatable bonds is 3. The van der Waals surface area contributed by atoms with Gasteiger partial charge in [-0.3, -0.25) is 4.79 Å². The second kappa shape index (κ2) is 6.25. The standard InChI is InChI=1S/C14H8ClF3N2O3/c15-9-5-10(13(22)23)11(19-6-9)20-12(21)7-2-1-3-8(4-7)14(16,17)18/h1-6H,(H,22,23)(H,19,20,21). The van der Waals surface area contributed by atoms with Crippen LogP contribution in [0.25, 0.3) is 0 Å². The summed E-state index contributed by atoms with van der Waals surface area (Å²) in [4.78, 5) is 26.8. The molecule has 2 N–H and O–H groups in total. The number of nitrogens with zero attached hydrogens (tertiary/aromatic N) is 1. The molecule has 5 nitrogen and oxygen atoms in total. The number of hydrogen-bond acceptors (Lipinski definition) is 3. The highest BCUT2D eigenvalue weighted by Gasteiger charge is 2.31. The number of benzene rings is 1. The maximum atomic E-state index is 12.6. The fourth-order valence-corrected chi connectivity index (χ4v) is 1.88. The van der Waals surface area contributed by atoms with Crippen molar-refractivity contribution < 1.29 is 27.9 Å². The van der Waals surface area contributed by atoms with Gasteiger partial charge in [-0.15, -0.1) is 0 Å². The van der Waals surface area contributed by atoms with E-state index in [0.29, 0.717) is 6.07 Å². The quantitative estimate of drug-likeness (QED) is 0.889. The first-order valence-electron chi connectivity index (χ1n) is 6.06. The number of carboxylic acid groups (broad SMARTS) is 1. The number of amides is 1. The van der Waals surface area contributed by atoms with E-state index in [9.17, 15) is 22.8 Å². The van der Waals surface area contributed by atoms with Crippen molar-refractivity contribution in [2.45, 2.75) is 6.18 Å². The van der Waals surface area contributed by atoms with Crippen LogP contribution in [0.3, 0.4) is 0 Å². The average molecular weight is 345 g/mol. The minimum absolute atomic E-state index is 0.0412. The number of halogens is 4. The fraction of sp³-hybridized carbons (Fsp3) is 0.0714. The molecule has 23 heavy (non-hydrogen) atoms. The van der Waals surface area contributed by atoms with Gasteiger partial charge in [-0.2, -0.15) is 13.2 Å². The lowest BCUT2D eigenvalue weighted by Crippen LogP contribution is -2.17. The molecule has 0 spiro atoms. The van der Waals surface area contributed by atoms with E-state index in [4.69, 9.17) is 16.7 Å². The Bertz CT molecular complexity index is 778. The molecule has 1 heterocycles. The Balaban J connectivity index is 2.32. The Hall–Kier alpha value is -2.61. The minimum atomic E-state index is -4.60. The van der Waals surface area contributed by atoms with Crippen molar-refractivity contribution >= 4 is 29.3 Å². The van der Waals surface area contributed by atoms with Gasteiger partial charge in [0.25, 0.3) is 5.91 Å². The molecule has 0 radical (unpaired) electrons. The topological polar surface area (TPSA) is 79.3 Å². The van der Waals surface area contributed by atoms with E-state index in [2.05, 4.69) is 10.3 Å².